The fourth-order valence-corrected chi connectivity index (χ4v) is 1.16. The molecule has 2 N–H and O–H groups in total. The Hall–Kier alpha value is -0.740. The maximum Gasteiger partial charge on any atom is 0.246 e. The van der Waals surface area contributed by atoms with Gasteiger partial charge < -0.3 is 10.4 Å². The Kier molecular flexibility index (Phi) is 5.28. The molecule has 1 unspecified atom stereocenters. The molecule has 0 radical (unpaired) electrons. The van der Waals surface area contributed by atoms with Crippen molar-refractivity contribution in [2.24, 2.45) is 0 Å². The predicted octanol–water partition coefficient (Wildman–Crippen LogP) is 2.50. The molecule has 0 saturated heterocycles. The molecule has 0 aliphatic heterocycles. The Balaban J connectivity index is 2.54. The van der Waals surface area contributed by atoms with E-state index in [9.17, 15) is 9.90 Å². The molecule has 0 bridgehead atoms. The Labute approximate surface area is 114 Å². The van der Waals surface area contributed by atoms with Crippen LogP contribution in [0.15, 0.2) is 36.4 Å². The predicted molar refractivity (Wildman–Crippen MR) is 69.9 cm³/mol. The zero-order valence-corrected chi connectivity index (χ0v) is 10.9. The smallest absolute Gasteiger partial charge is 0.246 e. The second-order valence-electron chi connectivity index (χ2n) is 3.20. The third-order valence-electron chi connectivity index (χ3n) is 1.82. The highest BCUT2D eigenvalue weighted by molar-refractivity contribution is 6.68. The van der Waals surface area contributed by atoms with Gasteiger partial charge in [0.15, 0.2) is 6.23 Å². The highest BCUT2D eigenvalue weighted by atomic mass is 35.6. The van der Waals surface area contributed by atoms with Crippen LogP contribution >= 0.6 is 34.8 Å². The summed E-state index contributed by atoms with van der Waals surface area (Å²) in [5.41, 5.74) is 0.853. The van der Waals surface area contributed by atoms with Crippen LogP contribution in [0.5, 0.6) is 0 Å². The van der Waals surface area contributed by atoms with Crippen LogP contribution in [0.2, 0.25) is 0 Å². The van der Waals surface area contributed by atoms with Crippen LogP contribution < -0.4 is 5.32 Å². The highest BCUT2D eigenvalue weighted by Gasteiger charge is 2.31. The van der Waals surface area contributed by atoms with Crippen molar-refractivity contribution in [2.75, 3.05) is 0 Å². The Morgan fingerprint density at radius 3 is 2.41 bits per heavy atom. The molecule has 0 spiro atoms. The van der Waals surface area contributed by atoms with Crippen molar-refractivity contribution in [3.8, 4) is 0 Å². The van der Waals surface area contributed by atoms with E-state index in [1.807, 2.05) is 30.3 Å². The molecule has 1 rings (SSSR count). The molecule has 1 atom stereocenters. The number of aliphatic hydroxyl groups is 1. The lowest BCUT2D eigenvalue weighted by atomic mass is 10.2. The number of rotatable bonds is 3. The van der Waals surface area contributed by atoms with Crippen LogP contribution in [0, 0.1) is 0 Å². The number of hydrogen-bond donors (Lipinski definition) is 2. The number of nitrogens with one attached hydrogen (secondary N) is 1. The normalized spacial score (nSPS) is 13.6. The van der Waals surface area contributed by atoms with Crippen LogP contribution in [-0.4, -0.2) is 21.0 Å². The van der Waals surface area contributed by atoms with Gasteiger partial charge in [0.1, 0.15) is 0 Å². The standard InChI is InChI=1S/C11H10Cl3NO2/c12-11(13,14)10(17)15-9(16)7-6-8-4-2-1-3-5-8/h1-7,10,17H,(H,15,16). The summed E-state index contributed by atoms with van der Waals surface area (Å²) in [6.07, 6.45) is 1.27. The van der Waals surface area contributed by atoms with E-state index in [4.69, 9.17) is 34.8 Å². The van der Waals surface area contributed by atoms with E-state index in [1.165, 1.54) is 6.08 Å². The molecule has 0 aliphatic carbocycles. The van der Waals surface area contributed by atoms with Crippen molar-refractivity contribution < 1.29 is 9.90 Å². The minimum absolute atomic E-state index is 0.548. The monoisotopic (exact) mass is 293 g/mol. The molecule has 0 fully saturated rings. The first kappa shape index (κ1) is 14.3. The molecule has 0 heterocycles. The van der Waals surface area contributed by atoms with Gasteiger partial charge in [-0.1, -0.05) is 65.1 Å². The summed E-state index contributed by atoms with van der Waals surface area (Å²) in [6, 6.07) is 9.20. The van der Waals surface area contributed by atoms with Crippen LogP contribution in [0.25, 0.3) is 6.08 Å². The molecule has 1 amide bonds. The Bertz CT molecular complexity index is 401. The lowest BCUT2D eigenvalue weighted by molar-refractivity contribution is -0.119. The van der Waals surface area contributed by atoms with Gasteiger partial charge in [-0.15, -0.1) is 0 Å². The maximum absolute atomic E-state index is 11.3. The van der Waals surface area contributed by atoms with Crippen molar-refractivity contribution >= 4 is 46.8 Å². The molecule has 1 aromatic rings. The quantitative estimate of drug-likeness (QED) is 0.511. The van der Waals surface area contributed by atoms with E-state index in [0.717, 1.165) is 5.56 Å². The average molecular weight is 295 g/mol. The van der Waals surface area contributed by atoms with Gasteiger partial charge in [0.05, 0.1) is 0 Å². The zero-order valence-electron chi connectivity index (χ0n) is 8.61. The van der Waals surface area contributed by atoms with E-state index in [0.29, 0.717) is 0 Å². The average Bonchev–Trinajstić information content (AvgIpc) is 2.26. The lowest BCUT2D eigenvalue weighted by Crippen LogP contribution is -2.42. The van der Waals surface area contributed by atoms with Gasteiger partial charge in [-0.3, -0.25) is 4.79 Å². The summed E-state index contributed by atoms with van der Waals surface area (Å²) in [7, 11) is 0. The van der Waals surface area contributed by atoms with Crippen LogP contribution in [-0.2, 0) is 4.79 Å². The van der Waals surface area contributed by atoms with Gasteiger partial charge >= 0.3 is 0 Å². The molecule has 1 aromatic carbocycles. The molecular weight excluding hydrogens is 284 g/mol. The third-order valence-corrected chi connectivity index (χ3v) is 2.44. The molecule has 3 nitrogen and oxygen atoms in total. The second kappa shape index (κ2) is 6.26. The van der Waals surface area contributed by atoms with Crippen LogP contribution in [0.4, 0.5) is 0 Å². The first-order chi connectivity index (χ1) is 7.89. The summed E-state index contributed by atoms with van der Waals surface area (Å²) >= 11 is 16.2. The highest BCUT2D eigenvalue weighted by Crippen LogP contribution is 2.28. The number of hydrogen-bond acceptors (Lipinski definition) is 2. The second-order valence-corrected chi connectivity index (χ2v) is 5.57. The van der Waals surface area contributed by atoms with E-state index < -0.39 is 15.9 Å². The van der Waals surface area contributed by atoms with Gasteiger partial charge in [-0.25, -0.2) is 0 Å². The van der Waals surface area contributed by atoms with Gasteiger partial charge in [0, 0.05) is 6.08 Å². The number of halogens is 3. The molecule has 17 heavy (non-hydrogen) atoms. The third kappa shape index (κ3) is 5.41. The van der Waals surface area contributed by atoms with Gasteiger partial charge in [-0.05, 0) is 11.6 Å². The van der Waals surface area contributed by atoms with Crippen molar-refractivity contribution in [3.05, 3.63) is 42.0 Å². The fourth-order valence-electron chi connectivity index (χ4n) is 1.00. The topological polar surface area (TPSA) is 49.3 Å². The number of carbonyl (C=O) groups is 1. The van der Waals surface area contributed by atoms with Crippen molar-refractivity contribution in [1.29, 1.82) is 0 Å². The minimum Gasteiger partial charge on any atom is -0.369 e. The van der Waals surface area contributed by atoms with Gasteiger partial charge in [0.25, 0.3) is 0 Å². The van der Waals surface area contributed by atoms with Crippen LogP contribution in [0.3, 0.4) is 0 Å². The summed E-state index contributed by atoms with van der Waals surface area (Å²) in [5, 5.41) is 11.4. The maximum atomic E-state index is 11.3. The molecular formula is C11H10Cl3NO2. The number of alkyl halides is 3. The Morgan fingerprint density at radius 1 is 1.29 bits per heavy atom. The van der Waals surface area contributed by atoms with Gasteiger partial charge in [0.2, 0.25) is 9.70 Å². The summed E-state index contributed by atoms with van der Waals surface area (Å²) < 4.78 is -1.95. The van der Waals surface area contributed by atoms with Crippen molar-refractivity contribution in [3.63, 3.8) is 0 Å². The van der Waals surface area contributed by atoms with Crippen molar-refractivity contribution in [2.45, 2.75) is 10.0 Å². The largest absolute Gasteiger partial charge is 0.369 e. The van der Waals surface area contributed by atoms with E-state index >= 15 is 0 Å². The summed E-state index contributed by atoms with van der Waals surface area (Å²) in [5.74, 6) is -0.548. The Morgan fingerprint density at radius 2 is 1.88 bits per heavy atom. The first-order valence-corrected chi connectivity index (χ1v) is 5.81. The van der Waals surface area contributed by atoms with Crippen molar-refractivity contribution in [1.82, 2.24) is 5.32 Å². The fraction of sp³-hybridized carbons (Fsp3) is 0.182. The molecule has 6 heteroatoms. The van der Waals surface area contributed by atoms with Crippen LogP contribution in [0.1, 0.15) is 5.56 Å². The minimum atomic E-state index is -1.95. The number of aliphatic hydroxyl groups excluding tert-OH is 1. The summed E-state index contributed by atoms with van der Waals surface area (Å²) in [6.45, 7) is 0. The van der Waals surface area contributed by atoms with Gasteiger partial charge in [-0.2, -0.15) is 0 Å². The zero-order chi connectivity index (χ0) is 12.9. The molecule has 0 aliphatic rings. The number of amides is 1. The molecule has 0 aromatic heterocycles. The SMILES string of the molecule is O=C(C=Cc1ccccc1)NC(O)C(Cl)(Cl)Cl. The van der Waals surface area contributed by atoms with E-state index in [1.54, 1.807) is 6.08 Å². The number of carbonyl (C=O) groups excluding carboxylic acids is 1. The molecule has 92 valence electrons. The lowest BCUT2D eigenvalue weighted by Gasteiger charge is -2.18. The van der Waals surface area contributed by atoms with E-state index in [2.05, 4.69) is 5.32 Å². The number of benzene rings is 1. The van der Waals surface area contributed by atoms with E-state index in [-0.39, 0.29) is 0 Å². The first-order valence-electron chi connectivity index (χ1n) is 4.68. The molecule has 0 saturated carbocycles. The summed E-state index contributed by atoms with van der Waals surface area (Å²) in [4.78, 5) is 11.3.